The highest BCUT2D eigenvalue weighted by atomic mass is 19.3. The molecule has 4 nitrogen and oxygen atoms in total. The Labute approximate surface area is 131 Å². The number of aliphatic hydroxyl groups excluding tert-OH is 1. The van der Waals surface area contributed by atoms with Crippen molar-refractivity contribution in [3.05, 3.63) is 52.8 Å². The molecule has 1 aromatic heterocycles. The molecule has 1 atom stereocenters. The Morgan fingerprint density at radius 3 is 2.91 bits per heavy atom. The van der Waals surface area contributed by atoms with E-state index in [1.165, 1.54) is 6.07 Å². The number of halogens is 2. The molecule has 23 heavy (non-hydrogen) atoms. The van der Waals surface area contributed by atoms with Gasteiger partial charge in [-0.25, -0.2) is 0 Å². The monoisotopic (exact) mass is 319 g/mol. The maximum Gasteiger partial charge on any atom is 0.296 e. The summed E-state index contributed by atoms with van der Waals surface area (Å²) in [6, 6.07) is 4.82. The molecule has 0 spiro atoms. The first-order valence-electron chi connectivity index (χ1n) is 7.38. The fraction of sp³-hybridized carbons (Fsp3) is 0.353. The molecule has 0 radical (unpaired) electrons. The van der Waals surface area contributed by atoms with Crippen LogP contribution in [0.1, 0.15) is 28.4 Å². The molecule has 0 aliphatic carbocycles. The quantitative estimate of drug-likeness (QED) is 0.878. The highest BCUT2D eigenvalue weighted by Crippen LogP contribution is 2.39. The SMILES string of the molecule is OC1COCc2c(-c3ccc4c(c3)COCC4(F)F)cncc21. The third kappa shape index (κ3) is 2.43. The van der Waals surface area contributed by atoms with Gasteiger partial charge in [-0.05, 0) is 22.8 Å². The lowest BCUT2D eigenvalue weighted by Gasteiger charge is -2.27. The normalized spacial score (nSPS) is 22.3. The third-order valence-corrected chi connectivity index (χ3v) is 4.32. The molecule has 0 bridgehead atoms. The number of benzene rings is 1. The van der Waals surface area contributed by atoms with E-state index in [9.17, 15) is 13.9 Å². The van der Waals surface area contributed by atoms with Gasteiger partial charge in [-0.3, -0.25) is 4.98 Å². The van der Waals surface area contributed by atoms with Crippen LogP contribution in [0.4, 0.5) is 8.78 Å². The van der Waals surface area contributed by atoms with Crippen LogP contribution in [0.25, 0.3) is 11.1 Å². The lowest BCUT2D eigenvalue weighted by molar-refractivity contribution is -0.103. The summed E-state index contributed by atoms with van der Waals surface area (Å²) in [6.45, 7) is 0.193. The minimum absolute atomic E-state index is 0.0153. The molecule has 3 heterocycles. The van der Waals surface area contributed by atoms with Crippen molar-refractivity contribution >= 4 is 0 Å². The topological polar surface area (TPSA) is 51.6 Å². The van der Waals surface area contributed by atoms with E-state index >= 15 is 0 Å². The van der Waals surface area contributed by atoms with Crippen LogP contribution in [-0.2, 0) is 28.6 Å². The number of hydrogen-bond acceptors (Lipinski definition) is 4. The minimum atomic E-state index is -2.96. The molecule has 2 aliphatic heterocycles. The lowest BCUT2D eigenvalue weighted by atomic mass is 9.91. The van der Waals surface area contributed by atoms with Gasteiger partial charge in [-0.1, -0.05) is 12.1 Å². The first-order valence-corrected chi connectivity index (χ1v) is 7.38. The average Bonchev–Trinajstić information content (AvgIpc) is 2.54. The summed E-state index contributed by atoms with van der Waals surface area (Å²) in [5, 5.41) is 10.0. The van der Waals surface area contributed by atoms with Gasteiger partial charge in [0, 0.05) is 29.1 Å². The van der Waals surface area contributed by atoms with Gasteiger partial charge in [0.15, 0.2) is 0 Å². The Morgan fingerprint density at radius 1 is 1.17 bits per heavy atom. The summed E-state index contributed by atoms with van der Waals surface area (Å²) < 4.78 is 38.1. The van der Waals surface area contributed by atoms with Crippen molar-refractivity contribution < 1.29 is 23.4 Å². The fourth-order valence-electron chi connectivity index (χ4n) is 3.17. The maximum atomic E-state index is 13.9. The van der Waals surface area contributed by atoms with Crippen LogP contribution in [0.15, 0.2) is 30.6 Å². The number of alkyl halides is 2. The molecule has 120 valence electrons. The maximum absolute atomic E-state index is 13.9. The van der Waals surface area contributed by atoms with E-state index in [0.29, 0.717) is 12.2 Å². The van der Waals surface area contributed by atoms with Gasteiger partial charge in [0.1, 0.15) is 12.7 Å². The number of aromatic nitrogens is 1. The summed E-state index contributed by atoms with van der Waals surface area (Å²) in [4.78, 5) is 4.17. The molecule has 6 heteroatoms. The Balaban J connectivity index is 1.82. The molecular weight excluding hydrogens is 304 g/mol. The fourth-order valence-corrected chi connectivity index (χ4v) is 3.17. The van der Waals surface area contributed by atoms with Crippen LogP contribution in [0, 0.1) is 0 Å². The summed E-state index contributed by atoms with van der Waals surface area (Å²) in [5.74, 6) is -2.96. The van der Waals surface area contributed by atoms with Gasteiger partial charge >= 0.3 is 0 Å². The molecule has 0 fully saturated rings. The van der Waals surface area contributed by atoms with E-state index < -0.39 is 18.6 Å². The van der Waals surface area contributed by atoms with Crippen molar-refractivity contribution in [2.75, 3.05) is 13.2 Å². The standard InChI is InChI=1S/C17H15F2NO3/c18-17(19)9-23-6-11-3-10(1-2-15(11)17)12-4-20-5-13-14(12)7-22-8-16(13)21/h1-5,16,21H,6-9H2. The Kier molecular flexibility index (Phi) is 3.41. The number of fused-ring (bicyclic) bond motifs is 2. The zero-order chi connectivity index (χ0) is 16.0. The third-order valence-electron chi connectivity index (χ3n) is 4.32. The number of pyridine rings is 1. The van der Waals surface area contributed by atoms with Crippen LogP contribution in [-0.4, -0.2) is 23.3 Å². The summed E-state index contributed by atoms with van der Waals surface area (Å²) in [5.41, 5.74) is 3.63. The number of hydrogen-bond donors (Lipinski definition) is 1. The summed E-state index contributed by atoms with van der Waals surface area (Å²) in [7, 11) is 0. The predicted octanol–water partition coefficient (Wildman–Crippen LogP) is 2.93. The first-order chi connectivity index (χ1) is 11.1. The van der Waals surface area contributed by atoms with Crippen LogP contribution in [0.2, 0.25) is 0 Å². The van der Waals surface area contributed by atoms with Crippen molar-refractivity contribution in [2.45, 2.75) is 25.2 Å². The zero-order valence-electron chi connectivity index (χ0n) is 12.3. The second-order valence-corrected chi connectivity index (χ2v) is 5.85. The second-order valence-electron chi connectivity index (χ2n) is 5.85. The van der Waals surface area contributed by atoms with Crippen LogP contribution < -0.4 is 0 Å². The molecule has 2 aromatic rings. The molecule has 1 aromatic carbocycles. The molecule has 2 aliphatic rings. The van der Waals surface area contributed by atoms with E-state index in [1.807, 2.05) is 0 Å². The smallest absolute Gasteiger partial charge is 0.296 e. The van der Waals surface area contributed by atoms with Crippen molar-refractivity contribution in [2.24, 2.45) is 0 Å². The van der Waals surface area contributed by atoms with Crippen LogP contribution in [0.3, 0.4) is 0 Å². The van der Waals surface area contributed by atoms with Gasteiger partial charge in [0.05, 0.1) is 19.8 Å². The number of ether oxygens (including phenoxy) is 2. The van der Waals surface area contributed by atoms with Gasteiger partial charge in [0.2, 0.25) is 0 Å². The second kappa shape index (κ2) is 5.33. The molecule has 1 N–H and O–H groups in total. The van der Waals surface area contributed by atoms with Gasteiger partial charge < -0.3 is 14.6 Å². The predicted molar refractivity (Wildman–Crippen MR) is 77.8 cm³/mol. The van der Waals surface area contributed by atoms with Gasteiger partial charge in [-0.2, -0.15) is 8.78 Å². The Hall–Kier alpha value is -1.89. The molecule has 0 amide bonds. The molecule has 0 saturated heterocycles. The van der Waals surface area contributed by atoms with E-state index in [4.69, 9.17) is 9.47 Å². The molecule has 4 rings (SSSR count). The molecular formula is C17H15F2NO3. The average molecular weight is 319 g/mol. The highest BCUT2D eigenvalue weighted by molar-refractivity contribution is 5.69. The first kappa shape index (κ1) is 14.7. The van der Waals surface area contributed by atoms with Crippen molar-refractivity contribution in [1.82, 2.24) is 4.98 Å². The largest absolute Gasteiger partial charge is 0.386 e. The molecule has 0 saturated carbocycles. The Bertz CT molecular complexity index is 763. The summed E-state index contributed by atoms with van der Waals surface area (Å²) in [6.07, 6.45) is 2.59. The van der Waals surface area contributed by atoms with Gasteiger partial charge in [-0.15, -0.1) is 0 Å². The minimum Gasteiger partial charge on any atom is -0.386 e. The van der Waals surface area contributed by atoms with Crippen molar-refractivity contribution in [1.29, 1.82) is 0 Å². The number of aliphatic hydroxyl groups is 1. The van der Waals surface area contributed by atoms with Crippen LogP contribution >= 0.6 is 0 Å². The lowest BCUT2D eigenvalue weighted by Crippen LogP contribution is -2.27. The van der Waals surface area contributed by atoms with E-state index in [2.05, 4.69) is 4.98 Å². The molecule has 1 unspecified atom stereocenters. The zero-order valence-corrected chi connectivity index (χ0v) is 12.3. The highest BCUT2D eigenvalue weighted by Gasteiger charge is 2.37. The van der Waals surface area contributed by atoms with E-state index in [0.717, 1.165) is 22.3 Å². The number of nitrogens with zero attached hydrogens (tertiary/aromatic N) is 1. The Morgan fingerprint density at radius 2 is 2.04 bits per heavy atom. The summed E-state index contributed by atoms with van der Waals surface area (Å²) >= 11 is 0. The van der Waals surface area contributed by atoms with Crippen molar-refractivity contribution in [3.8, 4) is 11.1 Å². The van der Waals surface area contributed by atoms with Crippen molar-refractivity contribution in [3.63, 3.8) is 0 Å². The van der Waals surface area contributed by atoms with E-state index in [1.54, 1.807) is 24.5 Å². The number of rotatable bonds is 1. The van der Waals surface area contributed by atoms with Gasteiger partial charge in [0.25, 0.3) is 5.92 Å². The van der Waals surface area contributed by atoms with Crippen LogP contribution in [0.5, 0.6) is 0 Å². The van der Waals surface area contributed by atoms with E-state index in [-0.39, 0.29) is 18.8 Å².